The van der Waals surface area contributed by atoms with Gasteiger partial charge in [-0.3, -0.25) is 14.9 Å². The molecule has 0 atom stereocenters. The van der Waals surface area contributed by atoms with Crippen molar-refractivity contribution in [2.24, 2.45) is 0 Å². The zero-order valence-electron chi connectivity index (χ0n) is 10.5. The smallest absolute Gasteiger partial charge is 0.292 e. The van der Waals surface area contributed by atoms with E-state index in [2.05, 4.69) is 0 Å². The molecular weight excluding hydrogens is 286 g/mol. The summed E-state index contributed by atoms with van der Waals surface area (Å²) in [6.45, 7) is 0.193. The molecule has 1 aromatic rings. The van der Waals surface area contributed by atoms with Crippen LogP contribution in [-0.2, 0) is 9.84 Å². The summed E-state index contributed by atoms with van der Waals surface area (Å²) in [5.74, 6) is -0.603. The Kier molecular flexibility index (Phi) is 3.62. The van der Waals surface area contributed by atoms with Crippen LogP contribution in [0.5, 0.6) is 0 Å². The van der Waals surface area contributed by atoms with Gasteiger partial charge >= 0.3 is 0 Å². The molecule has 1 saturated heterocycles. The quantitative estimate of drug-likeness (QED) is 0.467. The molecule has 0 bridgehead atoms. The number of hydrogen-bond donors (Lipinski definition) is 1. The highest BCUT2D eigenvalue weighted by molar-refractivity contribution is 7.91. The second-order valence-corrected chi connectivity index (χ2v) is 6.78. The Morgan fingerprint density at radius 1 is 1.30 bits per heavy atom. The molecule has 1 fully saturated rings. The van der Waals surface area contributed by atoms with Gasteiger partial charge in [0.25, 0.3) is 11.6 Å². The van der Waals surface area contributed by atoms with Gasteiger partial charge < -0.3 is 10.6 Å². The second kappa shape index (κ2) is 5.08. The number of amides is 1. The molecular formula is C11H13N3O5S. The van der Waals surface area contributed by atoms with Gasteiger partial charge in [0.05, 0.1) is 16.4 Å². The Balaban J connectivity index is 2.22. The third-order valence-electron chi connectivity index (χ3n) is 3.11. The van der Waals surface area contributed by atoms with E-state index in [4.69, 9.17) is 5.73 Å². The van der Waals surface area contributed by atoms with Crippen molar-refractivity contribution < 1.29 is 18.1 Å². The van der Waals surface area contributed by atoms with E-state index in [1.807, 2.05) is 0 Å². The summed E-state index contributed by atoms with van der Waals surface area (Å²) in [4.78, 5) is 23.7. The molecule has 1 heterocycles. The minimum absolute atomic E-state index is 0.0206. The molecule has 1 aliphatic rings. The van der Waals surface area contributed by atoms with Gasteiger partial charge in [-0.15, -0.1) is 0 Å². The Hall–Kier alpha value is -2.16. The normalized spacial score (nSPS) is 17.7. The summed E-state index contributed by atoms with van der Waals surface area (Å²) < 4.78 is 22.6. The summed E-state index contributed by atoms with van der Waals surface area (Å²) in [5.41, 5.74) is 5.23. The van der Waals surface area contributed by atoms with Crippen molar-refractivity contribution in [1.82, 2.24) is 4.90 Å². The summed E-state index contributed by atoms with van der Waals surface area (Å²) >= 11 is 0. The number of nitrogens with two attached hydrogens (primary N) is 1. The predicted octanol–water partition coefficient (Wildman–Crippen LogP) is 0.0476. The molecule has 8 nitrogen and oxygen atoms in total. The molecule has 1 aliphatic heterocycles. The predicted molar refractivity (Wildman–Crippen MR) is 72.1 cm³/mol. The number of carbonyl (C=O) groups excluding carboxylic acids is 1. The first-order valence-electron chi connectivity index (χ1n) is 5.84. The summed E-state index contributed by atoms with van der Waals surface area (Å²) in [6, 6.07) is 3.81. The van der Waals surface area contributed by atoms with E-state index >= 15 is 0 Å². The van der Waals surface area contributed by atoms with Gasteiger partial charge in [0.2, 0.25) is 0 Å². The van der Waals surface area contributed by atoms with Crippen molar-refractivity contribution in [3.05, 3.63) is 33.9 Å². The van der Waals surface area contributed by atoms with Crippen molar-refractivity contribution in [1.29, 1.82) is 0 Å². The van der Waals surface area contributed by atoms with Gasteiger partial charge in [-0.2, -0.15) is 0 Å². The molecule has 0 spiro atoms. The fourth-order valence-corrected chi connectivity index (χ4v) is 3.13. The zero-order chi connectivity index (χ0) is 14.9. The molecule has 2 rings (SSSR count). The topological polar surface area (TPSA) is 124 Å². The van der Waals surface area contributed by atoms with Crippen LogP contribution in [0, 0.1) is 10.1 Å². The number of sulfone groups is 1. The highest BCUT2D eigenvalue weighted by Crippen LogP contribution is 2.23. The maximum absolute atomic E-state index is 12.2. The van der Waals surface area contributed by atoms with Crippen LogP contribution in [0.4, 0.5) is 11.4 Å². The maximum atomic E-state index is 12.2. The Morgan fingerprint density at radius 2 is 1.90 bits per heavy atom. The monoisotopic (exact) mass is 299 g/mol. The lowest BCUT2D eigenvalue weighted by Gasteiger charge is -2.26. The Bertz CT molecular complexity index is 657. The number of rotatable bonds is 2. The molecule has 20 heavy (non-hydrogen) atoms. The summed E-state index contributed by atoms with van der Waals surface area (Å²) in [6.07, 6.45) is 0. The van der Waals surface area contributed by atoms with Crippen molar-refractivity contribution in [2.75, 3.05) is 30.3 Å². The minimum atomic E-state index is -3.08. The molecule has 1 amide bonds. The number of carbonyl (C=O) groups is 1. The standard InChI is InChI=1S/C11H13N3O5S/c12-9-2-1-8(7-10(9)14(16)17)11(15)13-3-5-20(18,19)6-4-13/h1-2,7H,3-6,12H2. The summed E-state index contributed by atoms with van der Waals surface area (Å²) in [7, 11) is -3.08. The fraction of sp³-hybridized carbons (Fsp3) is 0.364. The van der Waals surface area contributed by atoms with E-state index in [0.717, 1.165) is 6.07 Å². The van der Waals surface area contributed by atoms with Crippen LogP contribution in [0.2, 0.25) is 0 Å². The number of anilines is 1. The van der Waals surface area contributed by atoms with E-state index in [1.54, 1.807) is 0 Å². The number of nitro benzene ring substituents is 1. The number of hydrogen-bond acceptors (Lipinski definition) is 6. The molecule has 0 radical (unpaired) electrons. The minimum Gasteiger partial charge on any atom is -0.393 e. The molecule has 1 aromatic carbocycles. The average Bonchev–Trinajstić information content (AvgIpc) is 2.38. The third kappa shape index (κ3) is 2.87. The van der Waals surface area contributed by atoms with Crippen molar-refractivity contribution in [3.63, 3.8) is 0 Å². The van der Waals surface area contributed by atoms with E-state index in [9.17, 15) is 23.3 Å². The van der Waals surface area contributed by atoms with Crippen molar-refractivity contribution in [2.45, 2.75) is 0 Å². The average molecular weight is 299 g/mol. The molecule has 0 aliphatic carbocycles. The maximum Gasteiger partial charge on any atom is 0.292 e. The largest absolute Gasteiger partial charge is 0.393 e. The lowest BCUT2D eigenvalue weighted by Crippen LogP contribution is -2.43. The Labute approximate surface area is 115 Å². The third-order valence-corrected chi connectivity index (χ3v) is 4.71. The van der Waals surface area contributed by atoms with Crippen LogP contribution >= 0.6 is 0 Å². The lowest BCUT2D eigenvalue weighted by molar-refractivity contribution is -0.383. The highest BCUT2D eigenvalue weighted by atomic mass is 32.2. The van der Waals surface area contributed by atoms with Crippen LogP contribution in [0.25, 0.3) is 0 Å². The molecule has 0 aromatic heterocycles. The van der Waals surface area contributed by atoms with E-state index in [0.29, 0.717) is 0 Å². The van der Waals surface area contributed by atoms with Crippen molar-refractivity contribution >= 4 is 27.1 Å². The molecule has 0 saturated carbocycles. The molecule has 2 N–H and O–H groups in total. The fourth-order valence-electron chi connectivity index (χ4n) is 1.93. The van der Waals surface area contributed by atoms with Gasteiger partial charge in [0.1, 0.15) is 5.69 Å². The van der Waals surface area contributed by atoms with Crippen molar-refractivity contribution in [3.8, 4) is 0 Å². The molecule has 108 valence electrons. The highest BCUT2D eigenvalue weighted by Gasteiger charge is 2.26. The zero-order valence-corrected chi connectivity index (χ0v) is 11.3. The van der Waals surface area contributed by atoms with Crippen LogP contribution in [-0.4, -0.2) is 48.7 Å². The number of nitrogens with zero attached hydrogens (tertiary/aromatic N) is 2. The SMILES string of the molecule is Nc1ccc(C(=O)N2CCS(=O)(=O)CC2)cc1[N+](=O)[O-]. The van der Waals surface area contributed by atoms with E-state index in [-0.39, 0.29) is 41.5 Å². The second-order valence-electron chi connectivity index (χ2n) is 4.47. The Morgan fingerprint density at radius 3 is 2.45 bits per heavy atom. The van der Waals surface area contributed by atoms with E-state index in [1.165, 1.54) is 17.0 Å². The van der Waals surface area contributed by atoms with E-state index < -0.39 is 20.7 Å². The number of benzene rings is 1. The first-order chi connectivity index (χ1) is 9.30. The lowest BCUT2D eigenvalue weighted by atomic mass is 10.1. The number of nitrogen functional groups attached to an aromatic ring is 1. The van der Waals surface area contributed by atoms with Crippen LogP contribution < -0.4 is 5.73 Å². The van der Waals surface area contributed by atoms with Gasteiger partial charge in [-0.25, -0.2) is 8.42 Å². The molecule has 0 unspecified atom stereocenters. The number of nitro groups is 1. The molecule has 9 heteroatoms. The van der Waals surface area contributed by atoms with Gasteiger partial charge in [0, 0.05) is 24.7 Å². The van der Waals surface area contributed by atoms with Crippen LogP contribution in [0.3, 0.4) is 0 Å². The first-order valence-corrected chi connectivity index (χ1v) is 7.66. The van der Waals surface area contributed by atoms with Gasteiger partial charge in [0.15, 0.2) is 9.84 Å². The van der Waals surface area contributed by atoms with Crippen LogP contribution in [0.1, 0.15) is 10.4 Å². The van der Waals surface area contributed by atoms with Crippen LogP contribution in [0.15, 0.2) is 18.2 Å². The summed E-state index contributed by atoms with van der Waals surface area (Å²) in [5, 5.41) is 10.8. The first kappa shape index (κ1) is 14.3. The van der Waals surface area contributed by atoms with Gasteiger partial charge in [-0.05, 0) is 12.1 Å². The van der Waals surface area contributed by atoms with Gasteiger partial charge in [-0.1, -0.05) is 0 Å².